The first-order valence-electron chi connectivity index (χ1n) is 6.37. The number of rotatable bonds is 5. The van der Waals surface area contributed by atoms with Crippen molar-refractivity contribution in [2.45, 2.75) is 39.2 Å². The van der Waals surface area contributed by atoms with Gasteiger partial charge in [-0.25, -0.2) is 0 Å². The van der Waals surface area contributed by atoms with Gasteiger partial charge in [0.1, 0.15) is 5.78 Å². The van der Waals surface area contributed by atoms with E-state index in [1.54, 1.807) is 6.92 Å². The molecule has 3 heteroatoms. The van der Waals surface area contributed by atoms with E-state index in [4.69, 9.17) is 0 Å². The van der Waals surface area contributed by atoms with Crippen molar-refractivity contribution < 1.29 is 4.79 Å². The van der Waals surface area contributed by atoms with E-state index in [0.29, 0.717) is 18.2 Å². The number of carbonyl (C=O) groups is 1. The molecule has 0 aromatic rings. The van der Waals surface area contributed by atoms with Gasteiger partial charge in [-0.1, -0.05) is 0 Å². The van der Waals surface area contributed by atoms with E-state index < -0.39 is 0 Å². The van der Waals surface area contributed by atoms with Gasteiger partial charge in [0.05, 0.1) is 0 Å². The van der Waals surface area contributed by atoms with Crippen LogP contribution < -0.4 is 0 Å². The van der Waals surface area contributed by atoms with E-state index in [9.17, 15) is 4.79 Å². The maximum atomic E-state index is 11.1. The average Bonchev–Trinajstić information content (AvgIpc) is 2.16. The number of Topliss-reactive ketones (excluding diaryl/α,β-unsaturated/α-hetero) is 1. The smallest absolute Gasteiger partial charge is 0.131 e. The molecule has 1 aliphatic heterocycles. The summed E-state index contributed by atoms with van der Waals surface area (Å²) in [6.45, 7) is 7.39. The van der Waals surface area contributed by atoms with Gasteiger partial charge in [0.15, 0.2) is 0 Å². The third-order valence-electron chi connectivity index (χ3n) is 3.48. The molecule has 16 heavy (non-hydrogen) atoms. The standard InChI is InChI=1S/C13H26N2O/c1-11(9-12(2)16)15-7-5-13(6-8-15)10-14(3)4/h11,13H,5-10H2,1-4H3. The lowest BCUT2D eigenvalue weighted by molar-refractivity contribution is -0.118. The molecule has 0 spiro atoms. The molecular formula is C13H26N2O. The second-order valence-corrected chi connectivity index (χ2v) is 5.50. The summed E-state index contributed by atoms with van der Waals surface area (Å²) in [7, 11) is 4.29. The summed E-state index contributed by atoms with van der Waals surface area (Å²) < 4.78 is 0. The predicted molar refractivity (Wildman–Crippen MR) is 67.6 cm³/mol. The van der Waals surface area contributed by atoms with Crippen LogP contribution in [0.1, 0.15) is 33.1 Å². The summed E-state index contributed by atoms with van der Waals surface area (Å²) in [4.78, 5) is 15.8. The zero-order chi connectivity index (χ0) is 12.1. The Morgan fingerprint density at radius 3 is 2.38 bits per heavy atom. The first-order valence-corrected chi connectivity index (χ1v) is 6.37. The van der Waals surface area contributed by atoms with E-state index in [1.165, 1.54) is 19.4 Å². The molecule has 1 heterocycles. The van der Waals surface area contributed by atoms with Crippen LogP contribution in [0.25, 0.3) is 0 Å². The molecule has 0 saturated carbocycles. The van der Waals surface area contributed by atoms with Gasteiger partial charge in [0, 0.05) is 19.0 Å². The molecule has 1 unspecified atom stereocenters. The molecule has 1 fully saturated rings. The highest BCUT2D eigenvalue weighted by atomic mass is 16.1. The largest absolute Gasteiger partial charge is 0.309 e. The molecule has 94 valence electrons. The van der Waals surface area contributed by atoms with E-state index in [-0.39, 0.29) is 0 Å². The van der Waals surface area contributed by atoms with Crippen molar-refractivity contribution in [1.29, 1.82) is 0 Å². The maximum Gasteiger partial charge on any atom is 0.131 e. The number of nitrogens with zero attached hydrogens (tertiary/aromatic N) is 2. The minimum absolute atomic E-state index is 0.308. The van der Waals surface area contributed by atoms with Crippen LogP contribution in [-0.4, -0.2) is 55.4 Å². The highest BCUT2D eigenvalue weighted by Gasteiger charge is 2.23. The molecule has 0 radical (unpaired) electrons. The molecule has 1 atom stereocenters. The van der Waals surface area contributed by atoms with Gasteiger partial charge in [-0.3, -0.25) is 4.79 Å². The Balaban J connectivity index is 2.28. The fourth-order valence-corrected chi connectivity index (χ4v) is 2.64. The average molecular weight is 226 g/mol. The van der Waals surface area contributed by atoms with Crippen LogP contribution in [0.2, 0.25) is 0 Å². The Bertz CT molecular complexity index is 220. The lowest BCUT2D eigenvalue weighted by Gasteiger charge is -2.36. The fraction of sp³-hybridized carbons (Fsp3) is 0.923. The van der Waals surface area contributed by atoms with Gasteiger partial charge in [0.25, 0.3) is 0 Å². The van der Waals surface area contributed by atoms with Crippen molar-refractivity contribution in [1.82, 2.24) is 9.80 Å². The zero-order valence-electron chi connectivity index (χ0n) is 11.2. The summed E-state index contributed by atoms with van der Waals surface area (Å²) in [5.41, 5.74) is 0. The van der Waals surface area contributed by atoms with Crippen molar-refractivity contribution in [3.8, 4) is 0 Å². The summed E-state index contributed by atoms with van der Waals surface area (Å²) >= 11 is 0. The topological polar surface area (TPSA) is 23.6 Å². The molecule has 0 bridgehead atoms. The minimum Gasteiger partial charge on any atom is -0.309 e. The second-order valence-electron chi connectivity index (χ2n) is 5.50. The highest BCUT2D eigenvalue weighted by molar-refractivity contribution is 5.76. The number of likely N-dealkylation sites (tertiary alicyclic amines) is 1. The normalized spacial score (nSPS) is 21.3. The molecule has 0 amide bonds. The lowest BCUT2D eigenvalue weighted by Crippen LogP contribution is -2.42. The molecule has 0 N–H and O–H groups in total. The zero-order valence-corrected chi connectivity index (χ0v) is 11.2. The van der Waals surface area contributed by atoms with E-state index in [2.05, 4.69) is 30.8 Å². The van der Waals surface area contributed by atoms with Crippen LogP contribution in [0.15, 0.2) is 0 Å². The molecule has 3 nitrogen and oxygen atoms in total. The molecule has 1 saturated heterocycles. The van der Waals surface area contributed by atoms with Crippen molar-refractivity contribution in [2.24, 2.45) is 5.92 Å². The summed E-state index contributed by atoms with van der Waals surface area (Å²) in [5.74, 6) is 1.15. The van der Waals surface area contributed by atoms with Crippen LogP contribution in [-0.2, 0) is 4.79 Å². The van der Waals surface area contributed by atoms with Crippen LogP contribution >= 0.6 is 0 Å². The third-order valence-corrected chi connectivity index (χ3v) is 3.48. The van der Waals surface area contributed by atoms with Gasteiger partial charge >= 0.3 is 0 Å². The van der Waals surface area contributed by atoms with Gasteiger partial charge in [-0.15, -0.1) is 0 Å². The Hall–Kier alpha value is -0.410. The van der Waals surface area contributed by atoms with E-state index >= 15 is 0 Å². The first-order chi connectivity index (χ1) is 7.49. The molecule has 0 aliphatic carbocycles. The minimum atomic E-state index is 0.308. The van der Waals surface area contributed by atoms with Gasteiger partial charge in [0.2, 0.25) is 0 Å². The Morgan fingerprint density at radius 2 is 1.94 bits per heavy atom. The second kappa shape index (κ2) is 6.36. The lowest BCUT2D eigenvalue weighted by atomic mass is 9.95. The quantitative estimate of drug-likeness (QED) is 0.712. The maximum absolute atomic E-state index is 11.1. The van der Waals surface area contributed by atoms with Gasteiger partial charge < -0.3 is 9.80 Å². The predicted octanol–water partition coefficient (Wildman–Crippen LogP) is 1.63. The number of hydrogen-bond acceptors (Lipinski definition) is 3. The molecule has 0 aromatic heterocycles. The van der Waals surface area contributed by atoms with Crippen LogP contribution in [0.4, 0.5) is 0 Å². The van der Waals surface area contributed by atoms with Crippen molar-refractivity contribution in [3.05, 3.63) is 0 Å². The van der Waals surface area contributed by atoms with Crippen LogP contribution in [0.3, 0.4) is 0 Å². The highest BCUT2D eigenvalue weighted by Crippen LogP contribution is 2.20. The molecule has 0 aromatic carbocycles. The molecule has 1 aliphatic rings. The van der Waals surface area contributed by atoms with Crippen molar-refractivity contribution in [3.63, 3.8) is 0 Å². The summed E-state index contributed by atoms with van der Waals surface area (Å²) in [6.07, 6.45) is 3.26. The van der Waals surface area contributed by atoms with Crippen LogP contribution in [0, 0.1) is 5.92 Å². The van der Waals surface area contributed by atoms with E-state index in [1.807, 2.05) is 0 Å². The molecular weight excluding hydrogens is 200 g/mol. The Kier molecular flexibility index (Phi) is 5.42. The van der Waals surface area contributed by atoms with E-state index in [0.717, 1.165) is 19.0 Å². The molecule has 1 rings (SSSR count). The number of hydrogen-bond donors (Lipinski definition) is 0. The number of ketones is 1. The SMILES string of the molecule is CC(=O)CC(C)N1CCC(CN(C)C)CC1. The Labute approximate surface area is 99.8 Å². The van der Waals surface area contributed by atoms with Gasteiger partial charge in [-0.2, -0.15) is 0 Å². The van der Waals surface area contributed by atoms with Gasteiger partial charge in [-0.05, 0) is 59.8 Å². The summed E-state index contributed by atoms with van der Waals surface area (Å²) in [5, 5.41) is 0. The number of carbonyl (C=O) groups excluding carboxylic acids is 1. The third kappa shape index (κ3) is 4.62. The Morgan fingerprint density at radius 1 is 1.38 bits per heavy atom. The van der Waals surface area contributed by atoms with Crippen molar-refractivity contribution >= 4 is 5.78 Å². The summed E-state index contributed by atoms with van der Waals surface area (Å²) in [6, 6.07) is 0.429. The van der Waals surface area contributed by atoms with Crippen LogP contribution in [0.5, 0.6) is 0 Å². The van der Waals surface area contributed by atoms with Crippen molar-refractivity contribution in [2.75, 3.05) is 33.7 Å². The monoisotopic (exact) mass is 226 g/mol. The fourth-order valence-electron chi connectivity index (χ4n) is 2.64. The number of piperidine rings is 1. The first kappa shape index (κ1) is 13.7.